The molecule has 0 aliphatic heterocycles. The van der Waals surface area contributed by atoms with Gasteiger partial charge in [-0.25, -0.2) is 13.4 Å². The maximum absolute atomic E-state index is 12.4. The van der Waals surface area contributed by atoms with E-state index in [9.17, 15) is 13.2 Å². The lowest BCUT2D eigenvalue weighted by atomic mass is 10.2. The average molecular weight is 413 g/mol. The Kier molecular flexibility index (Phi) is 6.46. The van der Waals surface area contributed by atoms with Crippen LogP contribution in [-0.4, -0.2) is 43.3 Å². The van der Waals surface area contributed by atoms with Gasteiger partial charge in [0.05, 0.1) is 17.3 Å². The van der Waals surface area contributed by atoms with E-state index < -0.39 is 9.84 Å². The average Bonchev–Trinajstić information content (AvgIpc) is 3.12. The van der Waals surface area contributed by atoms with Gasteiger partial charge in [0.15, 0.2) is 9.84 Å². The minimum atomic E-state index is -3.42. The number of sulfone groups is 1. The second-order valence-electron chi connectivity index (χ2n) is 6.59. The first kappa shape index (κ1) is 20.8. The summed E-state index contributed by atoms with van der Waals surface area (Å²) < 4.78 is 31.1. The number of benzene rings is 2. The lowest BCUT2D eigenvalue weighted by Crippen LogP contribution is -2.14. The summed E-state index contributed by atoms with van der Waals surface area (Å²) in [5, 5.41) is 2.82. The molecule has 0 bridgehead atoms. The highest BCUT2D eigenvalue weighted by atomic mass is 32.2. The number of aryl methyl sites for hydroxylation is 1. The lowest BCUT2D eigenvalue weighted by molar-refractivity contribution is 0.102. The van der Waals surface area contributed by atoms with E-state index in [0.29, 0.717) is 17.8 Å². The number of hydrogen-bond donors (Lipinski definition) is 1. The molecule has 3 aromatic rings. The second kappa shape index (κ2) is 9.02. The van der Waals surface area contributed by atoms with Gasteiger partial charge < -0.3 is 14.6 Å². The molecule has 0 atom stereocenters. The highest BCUT2D eigenvalue weighted by Gasteiger charge is 2.15. The van der Waals surface area contributed by atoms with Gasteiger partial charge in [0.1, 0.15) is 5.82 Å². The van der Waals surface area contributed by atoms with Gasteiger partial charge in [-0.05, 0) is 48.9 Å². The van der Waals surface area contributed by atoms with Crippen molar-refractivity contribution in [1.82, 2.24) is 9.55 Å². The molecule has 0 aliphatic rings. The predicted octanol–water partition coefficient (Wildman–Crippen LogP) is 2.91. The number of carbonyl (C=O) groups is 1. The standard InChI is InChI=1S/C21H23N3O4S/c1-16-22-11-12-24(16)15-17-3-7-19(8-4-17)23-21(25)18-5-9-20(10-6-18)29(26,27)14-13-28-2/h3-12H,13-15H2,1-2H3,(H,23,25). The fraction of sp³-hybridized carbons (Fsp3) is 0.238. The molecule has 1 amide bonds. The fourth-order valence-electron chi connectivity index (χ4n) is 2.79. The zero-order valence-corrected chi connectivity index (χ0v) is 17.1. The number of rotatable bonds is 8. The van der Waals surface area contributed by atoms with Gasteiger partial charge in [0.25, 0.3) is 5.91 Å². The van der Waals surface area contributed by atoms with E-state index in [1.807, 2.05) is 42.0 Å². The number of nitrogens with zero attached hydrogens (tertiary/aromatic N) is 2. The highest BCUT2D eigenvalue weighted by molar-refractivity contribution is 7.91. The third-order valence-corrected chi connectivity index (χ3v) is 6.21. The summed E-state index contributed by atoms with van der Waals surface area (Å²) in [5.74, 6) is 0.541. The van der Waals surface area contributed by atoms with E-state index in [1.165, 1.54) is 31.4 Å². The minimum Gasteiger partial charge on any atom is -0.384 e. The van der Waals surface area contributed by atoms with Crippen LogP contribution in [0, 0.1) is 6.92 Å². The van der Waals surface area contributed by atoms with Crippen LogP contribution >= 0.6 is 0 Å². The van der Waals surface area contributed by atoms with Crippen LogP contribution in [0.4, 0.5) is 5.69 Å². The SMILES string of the molecule is COCCS(=O)(=O)c1ccc(C(=O)Nc2ccc(Cn3ccnc3C)cc2)cc1. The molecule has 29 heavy (non-hydrogen) atoms. The van der Waals surface area contributed by atoms with Crippen molar-refractivity contribution >= 4 is 21.4 Å². The zero-order valence-electron chi connectivity index (χ0n) is 16.3. The second-order valence-corrected chi connectivity index (χ2v) is 8.70. The molecule has 1 N–H and O–H groups in total. The summed E-state index contributed by atoms with van der Waals surface area (Å²) in [4.78, 5) is 16.8. The highest BCUT2D eigenvalue weighted by Crippen LogP contribution is 2.16. The van der Waals surface area contributed by atoms with Crippen LogP contribution in [0.2, 0.25) is 0 Å². The van der Waals surface area contributed by atoms with Gasteiger partial charge in [-0.2, -0.15) is 0 Å². The zero-order chi connectivity index (χ0) is 20.9. The lowest BCUT2D eigenvalue weighted by Gasteiger charge is -2.09. The number of methoxy groups -OCH3 is 1. The molecule has 0 saturated carbocycles. The van der Waals surface area contributed by atoms with Crippen molar-refractivity contribution in [3.05, 3.63) is 77.9 Å². The molecule has 0 spiro atoms. The van der Waals surface area contributed by atoms with Crippen molar-refractivity contribution in [2.75, 3.05) is 24.8 Å². The van der Waals surface area contributed by atoms with Gasteiger partial charge in [0.2, 0.25) is 0 Å². The number of aromatic nitrogens is 2. The third kappa shape index (κ3) is 5.30. The number of hydrogen-bond acceptors (Lipinski definition) is 5. The van der Waals surface area contributed by atoms with Crippen LogP contribution in [-0.2, 0) is 21.1 Å². The summed E-state index contributed by atoms with van der Waals surface area (Å²) in [5.41, 5.74) is 2.14. The fourth-order valence-corrected chi connectivity index (χ4v) is 3.96. The molecule has 8 heteroatoms. The monoisotopic (exact) mass is 413 g/mol. The van der Waals surface area contributed by atoms with Crippen molar-refractivity contribution in [3.8, 4) is 0 Å². The Morgan fingerprint density at radius 3 is 2.38 bits per heavy atom. The van der Waals surface area contributed by atoms with E-state index in [0.717, 1.165) is 11.4 Å². The maximum Gasteiger partial charge on any atom is 0.255 e. The number of anilines is 1. The first-order valence-electron chi connectivity index (χ1n) is 9.09. The molecule has 152 valence electrons. The Labute approximate surface area is 170 Å². The van der Waals surface area contributed by atoms with E-state index in [1.54, 1.807) is 6.20 Å². The quantitative estimate of drug-likeness (QED) is 0.613. The molecule has 0 unspecified atom stereocenters. The van der Waals surface area contributed by atoms with Crippen molar-refractivity contribution in [1.29, 1.82) is 0 Å². The van der Waals surface area contributed by atoms with Crippen LogP contribution in [0.5, 0.6) is 0 Å². The van der Waals surface area contributed by atoms with Crippen LogP contribution in [0.3, 0.4) is 0 Å². The number of carbonyl (C=O) groups excluding carboxylic acids is 1. The van der Waals surface area contributed by atoms with Crippen LogP contribution in [0.15, 0.2) is 65.8 Å². The summed E-state index contributed by atoms with van der Waals surface area (Å²) in [6, 6.07) is 13.5. The Morgan fingerprint density at radius 1 is 1.10 bits per heavy atom. The molecule has 1 aromatic heterocycles. The molecule has 3 rings (SSSR count). The molecule has 2 aromatic carbocycles. The molecule has 0 saturated heterocycles. The molecular formula is C21H23N3O4S. The first-order valence-corrected chi connectivity index (χ1v) is 10.7. The maximum atomic E-state index is 12.4. The van der Waals surface area contributed by atoms with E-state index >= 15 is 0 Å². The number of nitrogens with one attached hydrogen (secondary N) is 1. The number of imidazole rings is 1. The topological polar surface area (TPSA) is 90.3 Å². The van der Waals surface area contributed by atoms with Crippen LogP contribution in [0.25, 0.3) is 0 Å². The largest absolute Gasteiger partial charge is 0.384 e. The molecule has 7 nitrogen and oxygen atoms in total. The normalized spacial score (nSPS) is 11.4. The summed E-state index contributed by atoms with van der Waals surface area (Å²) in [7, 11) is -1.96. The predicted molar refractivity (Wildman–Crippen MR) is 111 cm³/mol. The Bertz CT molecular complexity index is 1070. The van der Waals surface area contributed by atoms with Gasteiger partial charge in [0, 0.05) is 37.3 Å². The van der Waals surface area contributed by atoms with E-state index in [-0.39, 0.29) is 23.2 Å². The molecular weight excluding hydrogens is 390 g/mol. The summed E-state index contributed by atoms with van der Waals surface area (Å²) >= 11 is 0. The van der Waals surface area contributed by atoms with Crippen molar-refractivity contribution in [2.24, 2.45) is 0 Å². The smallest absolute Gasteiger partial charge is 0.255 e. The van der Waals surface area contributed by atoms with Crippen molar-refractivity contribution in [2.45, 2.75) is 18.4 Å². The van der Waals surface area contributed by atoms with Gasteiger partial charge in [-0.15, -0.1) is 0 Å². The summed E-state index contributed by atoms with van der Waals surface area (Å²) in [6.45, 7) is 2.78. The van der Waals surface area contributed by atoms with E-state index in [2.05, 4.69) is 10.3 Å². The Morgan fingerprint density at radius 2 is 1.79 bits per heavy atom. The van der Waals surface area contributed by atoms with Gasteiger partial charge in [-0.3, -0.25) is 4.79 Å². The van der Waals surface area contributed by atoms with Crippen molar-refractivity contribution < 1.29 is 17.9 Å². The molecule has 0 radical (unpaired) electrons. The van der Waals surface area contributed by atoms with Crippen LogP contribution < -0.4 is 5.32 Å². The van der Waals surface area contributed by atoms with E-state index in [4.69, 9.17) is 4.74 Å². The Hall–Kier alpha value is -2.97. The molecule has 1 heterocycles. The van der Waals surface area contributed by atoms with Crippen molar-refractivity contribution in [3.63, 3.8) is 0 Å². The number of ether oxygens (including phenoxy) is 1. The van der Waals surface area contributed by atoms with Gasteiger partial charge in [-0.1, -0.05) is 12.1 Å². The number of amides is 1. The summed E-state index contributed by atoms with van der Waals surface area (Å²) in [6.07, 6.45) is 3.68. The Balaban J connectivity index is 1.63. The molecule has 0 fully saturated rings. The minimum absolute atomic E-state index is 0.0972. The first-order chi connectivity index (χ1) is 13.9. The molecule has 0 aliphatic carbocycles. The van der Waals surface area contributed by atoms with Gasteiger partial charge >= 0.3 is 0 Å². The third-order valence-electron chi connectivity index (χ3n) is 4.52. The van der Waals surface area contributed by atoms with Crippen LogP contribution in [0.1, 0.15) is 21.7 Å².